The van der Waals surface area contributed by atoms with Crippen molar-refractivity contribution in [2.75, 3.05) is 13.2 Å². The first kappa shape index (κ1) is 13.5. The maximum absolute atomic E-state index is 11.6. The van der Waals surface area contributed by atoms with Crippen LogP contribution in [0.4, 0.5) is 0 Å². The molecule has 1 aliphatic rings. The normalized spacial score (nSPS) is 17.7. The molecule has 2 N–H and O–H groups in total. The van der Waals surface area contributed by atoms with E-state index in [0.717, 1.165) is 0 Å². The molecule has 0 atom stereocenters. The zero-order chi connectivity index (χ0) is 13.7. The summed E-state index contributed by atoms with van der Waals surface area (Å²) in [4.78, 5) is 11.6. The SMILES string of the molecule is CC1(CC(=O)N/N=C\c2ccccc2O)OCCO1. The van der Waals surface area contributed by atoms with Gasteiger partial charge in [-0.25, -0.2) is 5.43 Å². The number of para-hydroxylation sites is 1. The largest absolute Gasteiger partial charge is 0.507 e. The van der Waals surface area contributed by atoms with Crippen molar-refractivity contribution >= 4 is 12.1 Å². The molecular formula is C13H16N2O4. The van der Waals surface area contributed by atoms with Gasteiger partial charge in [-0.15, -0.1) is 0 Å². The van der Waals surface area contributed by atoms with E-state index in [1.54, 1.807) is 31.2 Å². The van der Waals surface area contributed by atoms with Crippen LogP contribution in [0.25, 0.3) is 0 Å². The Morgan fingerprint density at radius 3 is 2.84 bits per heavy atom. The number of carbonyl (C=O) groups excluding carboxylic acids is 1. The Morgan fingerprint density at radius 2 is 2.16 bits per heavy atom. The Bertz CT molecular complexity index is 481. The lowest BCUT2D eigenvalue weighted by Crippen LogP contribution is -2.33. The lowest BCUT2D eigenvalue weighted by Gasteiger charge is -2.20. The van der Waals surface area contributed by atoms with Gasteiger partial charge < -0.3 is 14.6 Å². The van der Waals surface area contributed by atoms with E-state index in [1.807, 2.05) is 0 Å². The second-order valence-corrected chi connectivity index (χ2v) is 4.36. The number of phenolic OH excluding ortho intramolecular Hbond substituents is 1. The molecule has 6 nitrogen and oxygen atoms in total. The van der Waals surface area contributed by atoms with Crippen molar-refractivity contribution in [1.29, 1.82) is 0 Å². The zero-order valence-electron chi connectivity index (χ0n) is 10.6. The van der Waals surface area contributed by atoms with Crippen LogP contribution in [0, 0.1) is 0 Å². The molecular weight excluding hydrogens is 248 g/mol. The number of ether oxygens (including phenoxy) is 2. The van der Waals surface area contributed by atoms with Crippen LogP contribution in [0.2, 0.25) is 0 Å². The van der Waals surface area contributed by atoms with E-state index in [4.69, 9.17) is 9.47 Å². The first-order valence-corrected chi connectivity index (χ1v) is 5.97. The first-order valence-electron chi connectivity index (χ1n) is 5.97. The molecule has 1 aliphatic heterocycles. The van der Waals surface area contributed by atoms with E-state index in [0.29, 0.717) is 18.8 Å². The standard InChI is InChI=1S/C13H16N2O4/c1-13(18-6-7-19-13)8-12(17)15-14-9-10-4-2-3-5-11(10)16/h2-5,9,16H,6-8H2,1H3,(H,15,17)/b14-9-. The van der Waals surface area contributed by atoms with Crippen molar-refractivity contribution in [3.8, 4) is 5.75 Å². The molecule has 1 aromatic rings. The highest BCUT2D eigenvalue weighted by Gasteiger charge is 2.33. The van der Waals surface area contributed by atoms with Crippen LogP contribution in [0.1, 0.15) is 18.9 Å². The third-order valence-corrected chi connectivity index (χ3v) is 2.71. The number of amides is 1. The molecule has 0 spiro atoms. The molecule has 2 rings (SSSR count). The maximum Gasteiger partial charge on any atom is 0.245 e. The van der Waals surface area contributed by atoms with Gasteiger partial charge in [0.2, 0.25) is 5.91 Å². The van der Waals surface area contributed by atoms with E-state index in [9.17, 15) is 9.90 Å². The molecule has 0 saturated carbocycles. The number of hydrogen-bond acceptors (Lipinski definition) is 5. The summed E-state index contributed by atoms with van der Waals surface area (Å²) < 4.78 is 10.6. The Hall–Kier alpha value is -1.92. The van der Waals surface area contributed by atoms with Crippen molar-refractivity contribution in [2.45, 2.75) is 19.1 Å². The summed E-state index contributed by atoms with van der Waals surface area (Å²) >= 11 is 0. The van der Waals surface area contributed by atoms with Crippen LogP contribution in [0.5, 0.6) is 5.75 Å². The minimum absolute atomic E-state index is 0.0745. The van der Waals surface area contributed by atoms with Gasteiger partial charge in [0, 0.05) is 5.56 Å². The smallest absolute Gasteiger partial charge is 0.245 e. The van der Waals surface area contributed by atoms with Gasteiger partial charge >= 0.3 is 0 Å². The average Bonchev–Trinajstić information content (AvgIpc) is 2.78. The molecule has 19 heavy (non-hydrogen) atoms. The number of nitrogens with one attached hydrogen (secondary N) is 1. The van der Waals surface area contributed by atoms with Gasteiger partial charge in [0.1, 0.15) is 5.75 Å². The quantitative estimate of drug-likeness (QED) is 0.628. The summed E-state index contributed by atoms with van der Waals surface area (Å²) in [6.45, 7) is 2.70. The van der Waals surface area contributed by atoms with Crippen LogP contribution in [-0.2, 0) is 14.3 Å². The Labute approximate surface area is 111 Å². The molecule has 1 aromatic carbocycles. The number of aromatic hydroxyl groups is 1. The summed E-state index contributed by atoms with van der Waals surface area (Å²) in [7, 11) is 0. The van der Waals surface area contributed by atoms with Gasteiger partial charge in [-0.3, -0.25) is 4.79 Å². The van der Waals surface area contributed by atoms with Crippen LogP contribution >= 0.6 is 0 Å². The van der Waals surface area contributed by atoms with Crippen LogP contribution in [0.3, 0.4) is 0 Å². The van der Waals surface area contributed by atoms with Crippen molar-refractivity contribution in [3.63, 3.8) is 0 Å². The fraction of sp³-hybridized carbons (Fsp3) is 0.385. The number of benzene rings is 1. The third-order valence-electron chi connectivity index (χ3n) is 2.71. The molecule has 0 radical (unpaired) electrons. The van der Waals surface area contributed by atoms with Crippen molar-refractivity contribution < 1.29 is 19.4 Å². The van der Waals surface area contributed by atoms with Gasteiger partial charge in [0.15, 0.2) is 5.79 Å². The Balaban J connectivity index is 1.85. The number of rotatable bonds is 4. The monoisotopic (exact) mass is 264 g/mol. The number of carbonyl (C=O) groups is 1. The van der Waals surface area contributed by atoms with Gasteiger partial charge in [-0.1, -0.05) is 12.1 Å². The third kappa shape index (κ3) is 3.77. The van der Waals surface area contributed by atoms with Crippen LogP contribution < -0.4 is 5.43 Å². The minimum atomic E-state index is -0.867. The number of phenols is 1. The highest BCUT2D eigenvalue weighted by Crippen LogP contribution is 2.22. The molecule has 1 fully saturated rings. The van der Waals surface area contributed by atoms with E-state index >= 15 is 0 Å². The summed E-state index contributed by atoms with van der Waals surface area (Å²) in [5, 5.41) is 13.3. The molecule has 102 valence electrons. The summed E-state index contributed by atoms with van der Waals surface area (Å²) in [6, 6.07) is 6.71. The molecule has 6 heteroatoms. The second kappa shape index (κ2) is 5.81. The summed E-state index contributed by atoms with van der Waals surface area (Å²) in [6.07, 6.45) is 1.46. The summed E-state index contributed by atoms with van der Waals surface area (Å²) in [5.74, 6) is -1.07. The average molecular weight is 264 g/mol. The summed E-state index contributed by atoms with van der Waals surface area (Å²) in [5.41, 5.74) is 2.90. The van der Waals surface area contributed by atoms with Gasteiger partial charge in [0.25, 0.3) is 0 Å². The predicted octanol–water partition coefficient (Wildman–Crippen LogP) is 0.995. The molecule has 0 aliphatic carbocycles. The molecule has 1 heterocycles. The minimum Gasteiger partial charge on any atom is -0.507 e. The fourth-order valence-electron chi connectivity index (χ4n) is 1.76. The Morgan fingerprint density at radius 1 is 1.47 bits per heavy atom. The van der Waals surface area contributed by atoms with E-state index < -0.39 is 5.79 Å². The van der Waals surface area contributed by atoms with Gasteiger partial charge in [-0.2, -0.15) is 5.10 Å². The fourth-order valence-corrected chi connectivity index (χ4v) is 1.76. The molecule has 1 saturated heterocycles. The molecule has 0 unspecified atom stereocenters. The lowest BCUT2D eigenvalue weighted by atomic mass is 10.2. The van der Waals surface area contributed by atoms with Crippen molar-refractivity contribution in [3.05, 3.63) is 29.8 Å². The van der Waals surface area contributed by atoms with E-state index in [2.05, 4.69) is 10.5 Å². The van der Waals surface area contributed by atoms with Crippen LogP contribution in [-0.4, -0.2) is 36.2 Å². The van der Waals surface area contributed by atoms with Crippen molar-refractivity contribution in [2.24, 2.45) is 5.10 Å². The zero-order valence-corrected chi connectivity index (χ0v) is 10.6. The topological polar surface area (TPSA) is 80.2 Å². The molecule has 0 bridgehead atoms. The number of nitrogens with zero attached hydrogens (tertiary/aromatic N) is 1. The lowest BCUT2D eigenvalue weighted by molar-refractivity contribution is -0.159. The van der Waals surface area contributed by atoms with E-state index in [1.165, 1.54) is 6.21 Å². The Kier molecular flexibility index (Phi) is 4.13. The second-order valence-electron chi connectivity index (χ2n) is 4.36. The highest BCUT2D eigenvalue weighted by atomic mass is 16.7. The maximum atomic E-state index is 11.6. The van der Waals surface area contributed by atoms with E-state index in [-0.39, 0.29) is 18.1 Å². The number of hydrogen-bond donors (Lipinski definition) is 2. The highest BCUT2D eigenvalue weighted by molar-refractivity contribution is 5.85. The first-order chi connectivity index (χ1) is 9.09. The number of hydrazone groups is 1. The predicted molar refractivity (Wildman–Crippen MR) is 68.8 cm³/mol. The van der Waals surface area contributed by atoms with Crippen molar-refractivity contribution in [1.82, 2.24) is 5.43 Å². The van der Waals surface area contributed by atoms with Gasteiger partial charge in [-0.05, 0) is 19.1 Å². The molecule has 1 amide bonds. The van der Waals surface area contributed by atoms with Crippen LogP contribution in [0.15, 0.2) is 29.4 Å². The van der Waals surface area contributed by atoms with Gasteiger partial charge in [0.05, 0.1) is 25.8 Å². The molecule has 0 aromatic heterocycles.